The Bertz CT molecular complexity index is 1080. The summed E-state index contributed by atoms with van der Waals surface area (Å²) in [4.78, 5) is 15.5. The van der Waals surface area contributed by atoms with Crippen molar-refractivity contribution in [2.45, 2.75) is 25.9 Å². The first-order valence-corrected chi connectivity index (χ1v) is 9.87. The van der Waals surface area contributed by atoms with Gasteiger partial charge in [0.2, 0.25) is 0 Å². The molecule has 1 N–H and O–H groups in total. The van der Waals surface area contributed by atoms with Crippen LogP contribution in [-0.4, -0.2) is 16.1 Å². The van der Waals surface area contributed by atoms with Crippen molar-refractivity contribution >= 4 is 28.7 Å². The lowest BCUT2D eigenvalue weighted by atomic mass is 9.96. The Hall–Kier alpha value is -3.11. The average molecular weight is 406 g/mol. The van der Waals surface area contributed by atoms with E-state index < -0.39 is 5.97 Å². The number of carboxylic acids is 1. The number of allylic oxidation sites excluding steroid dienone is 2. The molecule has 0 atom stereocenters. The first-order valence-electron chi connectivity index (χ1n) is 9.49. The van der Waals surface area contributed by atoms with Gasteiger partial charge >= 0.3 is 5.97 Å². The van der Waals surface area contributed by atoms with Crippen LogP contribution in [-0.2, 0) is 6.61 Å². The summed E-state index contributed by atoms with van der Waals surface area (Å²) >= 11 is 6.30. The summed E-state index contributed by atoms with van der Waals surface area (Å²) in [6, 6.07) is 17.3. The minimum absolute atomic E-state index is 0.188. The van der Waals surface area contributed by atoms with Gasteiger partial charge in [-0.25, -0.2) is 4.79 Å². The van der Waals surface area contributed by atoms with Gasteiger partial charge in [0.1, 0.15) is 12.4 Å². The number of rotatable bonds is 6. The van der Waals surface area contributed by atoms with Crippen LogP contribution in [0.4, 0.5) is 0 Å². The maximum atomic E-state index is 11.3. The largest absolute Gasteiger partial charge is 0.488 e. The lowest BCUT2D eigenvalue weighted by Gasteiger charge is -2.15. The summed E-state index contributed by atoms with van der Waals surface area (Å²) in [7, 11) is 0. The van der Waals surface area contributed by atoms with Crippen molar-refractivity contribution in [2.75, 3.05) is 0 Å². The second-order valence-electron chi connectivity index (χ2n) is 6.99. The van der Waals surface area contributed by atoms with E-state index >= 15 is 0 Å². The van der Waals surface area contributed by atoms with Crippen LogP contribution in [0.15, 0.2) is 67.0 Å². The molecular weight excluding hydrogens is 386 g/mol. The molecule has 1 aromatic heterocycles. The molecule has 29 heavy (non-hydrogen) atoms. The predicted molar refractivity (Wildman–Crippen MR) is 114 cm³/mol. The van der Waals surface area contributed by atoms with Gasteiger partial charge in [-0.3, -0.25) is 4.98 Å². The standard InChI is InChI=1S/C24H20ClNO3/c25-19-9-10-23(29-15-16-5-2-1-3-6-16)22(12-19)21-8-4-7-20(21)17-11-18(24(27)28)14-26-13-17/h1-3,5-6,9-14H,4,7-8,15H2,(H,27,28). The summed E-state index contributed by atoms with van der Waals surface area (Å²) < 4.78 is 6.13. The summed E-state index contributed by atoms with van der Waals surface area (Å²) in [5, 5.41) is 9.94. The fourth-order valence-electron chi connectivity index (χ4n) is 3.68. The molecule has 0 aliphatic heterocycles. The fraction of sp³-hybridized carbons (Fsp3) is 0.167. The van der Waals surface area contributed by atoms with Gasteiger partial charge in [0.05, 0.1) is 5.56 Å². The number of benzene rings is 2. The van der Waals surface area contributed by atoms with Crippen molar-refractivity contribution in [3.63, 3.8) is 0 Å². The van der Waals surface area contributed by atoms with Gasteiger partial charge in [0, 0.05) is 23.0 Å². The highest BCUT2D eigenvalue weighted by atomic mass is 35.5. The Morgan fingerprint density at radius 1 is 1.03 bits per heavy atom. The number of aromatic carboxylic acids is 1. The number of halogens is 1. The molecule has 0 spiro atoms. The predicted octanol–water partition coefficient (Wildman–Crippen LogP) is 6.11. The molecule has 1 aliphatic carbocycles. The van der Waals surface area contributed by atoms with E-state index in [4.69, 9.17) is 16.3 Å². The van der Waals surface area contributed by atoms with Crippen molar-refractivity contribution in [1.82, 2.24) is 4.98 Å². The molecule has 0 radical (unpaired) electrons. The summed E-state index contributed by atoms with van der Waals surface area (Å²) in [5.74, 6) is -0.205. The molecule has 146 valence electrons. The topological polar surface area (TPSA) is 59.4 Å². The highest BCUT2D eigenvalue weighted by molar-refractivity contribution is 6.30. The van der Waals surface area contributed by atoms with Crippen LogP contribution in [0.1, 0.15) is 46.3 Å². The zero-order valence-electron chi connectivity index (χ0n) is 15.8. The maximum Gasteiger partial charge on any atom is 0.337 e. The Labute approximate surface area is 174 Å². The van der Waals surface area contributed by atoms with Crippen molar-refractivity contribution in [3.8, 4) is 5.75 Å². The second kappa shape index (κ2) is 8.50. The van der Waals surface area contributed by atoms with E-state index in [1.165, 1.54) is 6.20 Å². The summed E-state index contributed by atoms with van der Waals surface area (Å²) in [6.07, 6.45) is 5.84. The number of hydrogen-bond acceptors (Lipinski definition) is 3. The molecule has 0 fully saturated rings. The number of ether oxygens (including phenoxy) is 1. The van der Waals surface area contributed by atoms with Gasteiger partial charge in [0.25, 0.3) is 0 Å². The maximum absolute atomic E-state index is 11.3. The van der Waals surface area contributed by atoms with Crippen molar-refractivity contribution in [2.24, 2.45) is 0 Å². The number of aromatic nitrogens is 1. The number of carbonyl (C=O) groups is 1. The first-order chi connectivity index (χ1) is 14.1. The van der Waals surface area contributed by atoms with Crippen LogP contribution in [0, 0.1) is 0 Å². The minimum Gasteiger partial charge on any atom is -0.488 e. The molecule has 0 bridgehead atoms. The number of nitrogens with zero attached hydrogens (tertiary/aromatic N) is 1. The summed E-state index contributed by atoms with van der Waals surface area (Å²) in [5.41, 5.74) is 5.32. The Morgan fingerprint density at radius 2 is 1.83 bits per heavy atom. The Balaban J connectivity index is 1.72. The molecule has 0 saturated carbocycles. The van der Waals surface area contributed by atoms with Crippen LogP contribution in [0.3, 0.4) is 0 Å². The first kappa shape index (κ1) is 19.2. The van der Waals surface area contributed by atoms with Gasteiger partial charge in [-0.1, -0.05) is 41.9 Å². The van der Waals surface area contributed by atoms with Gasteiger partial charge in [-0.15, -0.1) is 0 Å². The van der Waals surface area contributed by atoms with Gasteiger partial charge in [0.15, 0.2) is 0 Å². The SMILES string of the molecule is O=C(O)c1cncc(C2=C(c3cc(Cl)ccc3OCc3ccccc3)CCC2)c1. The van der Waals surface area contributed by atoms with Gasteiger partial charge < -0.3 is 9.84 Å². The smallest absolute Gasteiger partial charge is 0.337 e. The number of hydrogen-bond donors (Lipinski definition) is 1. The van der Waals surface area contributed by atoms with Crippen LogP contribution in [0.5, 0.6) is 5.75 Å². The monoisotopic (exact) mass is 405 g/mol. The van der Waals surface area contributed by atoms with Gasteiger partial charge in [-0.2, -0.15) is 0 Å². The van der Waals surface area contributed by atoms with Crippen molar-refractivity contribution in [3.05, 3.63) is 94.3 Å². The van der Waals surface area contributed by atoms with E-state index in [0.29, 0.717) is 11.6 Å². The zero-order valence-corrected chi connectivity index (χ0v) is 16.5. The Morgan fingerprint density at radius 3 is 2.62 bits per heavy atom. The van der Waals surface area contributed by atoms with E-state index in [9.17, 15) is 9.90 Å². The van der Waals surface area contributed by atoms with E-state index in [1.54, 1.807) is 12.3 Å². The molecule has 5 heteroatoms. The molecule has 4 nitrogen and oxygen atoms in total. The second-order valence-corrected chi connectivity index (χ2v) is 7.43. The third-order valence-corrected chi connectivity index (χ3v) is 5.29. The number of carboxylic acid groups (broad SMARTS) is 1. The summed E-state index contributed by atoms with van der Waals surface area (Å²) in [6.45, 7) is 0.466. The highest BCUT2D eigenvalue weighted by Gasteiger charge is 2.22. The molecule has 3 aromatic rings. The molecule has 0 amide bonds. The molecule has 0 saturated heterocycles. The van der Waals surface area contributed by atoms with Crippen LogP contribution in [0.25, 0.3) is 11.1 Å². The van der Waals surface area contributed by atoms with E-state index in [-0.39, 0.29) is 5.56 Å². The lowest BCUT2D eigenvalue weighted by Crippen LogP contribution is -2.00. The normalized spacial score (nSPS) is 13.6. The fourth-order valence-corrected chi connectivity index (χ4v) is 3.85. The minimum atomic E-state index is -0.978. The number of pyridine rings is 1. The lowest BCUT2D eigenvalue weighted by molar-refractivity contribution is 0.0696. The van der Waals surface area contributed by atoms with E-state index in [2.05, 4.69) is 4.98 Å². The van der Waals surface area contributed by atoms with Gasteiger partial charge in [-0.05, 0) is 65.8 Å². The van der Waals surface area contributed by atoms with Crippen LogP contribution < -0.4 is 4.74 Å². The third kappa shape index (κ3) is 4.33. The average Bonchev–Trinajstić information content (AvgIpc) is 3.23. The molecular formula is C24H20ClNO3. The van der Waals surface area contributed by atoms with E-state index in [1.807, 2.05) is 48.5 Å². The molecule has 0 unspecified atom stereocenters. The third-order valence-electron chi connectivity index (χ3n) is 5.06. The quantitative estimate of drug-likeness (QED) is 0.537. The van der Waals surface area contributed by atoms with E-state index in [0.717, 1.165) is 52.8 Å². The highest BCUT2D eigenvalue weighted by Crippen LogP contribution is 2.43. The van der Waals surface area contributed by atoms with Crippen LogP contribution in [0.2, 0.25) is 5.02 Å². The molecule has 2 aromatic carbocycles. The van der Waals surface area contributed by atoms with Crippen molar-refractivity contribution in [1.29, 1.82) is 0 Å². The molecule has 1 aliphatic rings. The molecule has 4 rings (SSSR count). The Kier molecular flexibility index (Phi) is 5.63. The van der Waals surface area contributed by atoms with Crippen molar-refractivity contribution < 1.29 is 14.6 Å². The molecule has 1 heterocycles. The van der Waals surface area contributed by atoms with Crippen LogP contribution >= 0.6 is 11.6 Å². The zero-order chi connectivity index (χ0) is 20.2.